The maximum Gasteiger partial charge on any atom is 0.412 e. The second kappa shape index (κ2) is 16.7. The van der Waals surface area contributed by atoms with E-state index in [2.05, 4.69) is 31.9 Å². The van der Waals surface area contributed by atoms with Gasteiger partial charge in [0.05, 0.1) is 22.7 Å². The summed E-state index contributed by atoms with van der Waals surface area (Å²) in [7, 11) is 6.68. The van der Waals surface area contributed by atoms with Gasteiger partial charge in [0.25, 0.3) is 23.6 Å². The van der Waals surface area contributed by atoms with Crippen LogP contribution in [0.1, 0.15) is 89.9 Å². The Morgan fingerprint density at radius 3 is 1.04 bits per heavy atom. The lowest BCUT2D eigenvalue weighted by Crippen LogP contribution is -2.31. The maximum atomic E-state index is 13.0. The first-order valence-electron chi connectivity index (χ1n) is 17.4. The fourth-order valence-electron chi connectivity index (χ4n) is 5.34. The number of carbonyl (C=O) groups excluding carboxylic acids is 6. The second-order valence-electron chi connectivity index (χ2n) is 14.9. The Labute approximate surface area is 318 Å². The van der Waals surface area contributed by atoms with Gasteiger partial charge in [0, 0.05) is 66.1 Å². The third-order valence-electron chi connectivity index (χ3n) is 7.68. The van der Waals surface area contributed by atoms with Crippen LogP contribution in [0.3, 0.4) is 0 Å². The summed E-state index contributed by atoms with van der Waals surface area (Å²) >= 11 is 0. The van der Waals surface area contributed by atoms with E-state index in [9.17, 15) is 28.8 Å². The van der Waals surface area contributed by atoms with E-state index in [0.29, 0.717) is 40.6 Å². The summed E-state index contributed by atoms with van der Waals surface area (Å²) in [5.41, 5.74) is 1.39. The average Bonchev–Trinajstić information content (AvgIpc) is 3.80. The first kappa shape index (κ1) is 41.3. The fourth-order valence-corrected chi connectivity index (χ4v) is 5.34. The number of rotatable bonds is 12. The van der Waals surface area contributed by atoms with Crippen molar-refractivity contribution in [1.82, 2.24) is 28.9 Å². The van der Waals surface area contributed by atoms with E-state index in [1.54, 1.807) is 125 Å². The number of aryl methyl sites for hydroxylation is 4. The number of carbonyl (C=O) groups is 6. The first-order chi connectivity index (χ1) is 25.6. The van der Waals surface area contributed by atoms with Crippen molar-refractivity contribution in [3.63, 3.8) is 0 Å². The number of hydrogen-bond donors (Lipinski definition) is 6. The molecule has 0 bridgehead atoms. The lowest BCUT2D eigenvalue weighted by atomic mass is 10.2. The SMILES string of the molecule is Cn1cc(NC(=O)c2cc(NC(=O)OC(C)(C)C)cn2C)cc1C(=O)NCCCNC(=O)c1cc(NC(=O)c2cc(NC(=O)OC(C)(C)C)cn2C)cn1C. The Balaban J connectivity index is 1.22. The molecule has 0 aliphatic carbocycles. The minimum atomic E-state index is -0.675. The Morgan fingerprint density at radius 2 is 0.745 bits per heavy atom. The van der Waals surface area contributed by atoms with Crippen molar-refractivity contribution >= 4 is 58.6 Å². The standard InChI is InChI=1S/C37H50N10O8/c1-36(2,3)54-34(52)42-24-16-28(46(9)20-24)32(50)40-22-14-26(44(7)18-22)30(48)38-12-11-13-39-31(49)27-15-23(19-45(27)8)41-33(51)29-17-25(21-47(29)10)43-35(53)55-37(4,5)6/h14-21H,11-13H2,1-10H3,(H,38,48)(H,39,49)(H,40,50)(H,41,51)(H,42,52)(H,43,53). The molecule has 0 unspecified atom stereocenters. The van der Waals surface area contributed by atoms with Crippen molar-refractivity contribution in [3.05, 3.63) is 71.8 Å². The average molecular weight is 763 g/mol. The molecule has 55 heavy (non-hydrogen) atoms. The molecule has 4 heterocycles. The van der Waals surface area contributed by atoms with Crippen LogP contribution in [0.25, 0.3) is 0 Å². The van der Waals surface area contributed by atoms with E-state index in [1.807, 2.05) is 0 Å². The van der Waals surface area contributed by atoms with Crippen molar-refractivity contribution in [2.75, 3.05) is 34.4 Å². The minimum Gasteiger partial charge on any atom is -0.444 e. The summed E-state index contributed by atoms with van der Waals surface area (Å²) in [6.07, 6.45) is 5.52. The highest BCUT2D eigenvalue weighted by Gasteiger charge is 2.22. The predicted octanol–water partition coefficient (Wildman–Crippen LogP) is 4.79. The van der Waals surface area contributed by atoms with E-state index >= 15 is 0 Å². The van der Waals surface area contributed by atoms with Crippen molar-refractivity contribution in [2.24, 2.45) is 28.2 Å². The summed E-state index contributed by atoms with van der Waals surface area (Å²) in [4.78, 5) is 76.1. The van der Waals surface area contributed by atoms with Gasteiger partial charge in [-0.25, -0.2) is 9.59 Å². The molecule has 0 saturated carbocycles. The third-order valence-corrected chi connectivity index (χ3v) is 7.68. The fraction of sp³-hybridized carbons (Fsp3) is 0.405. The molecule has 0 fully saturated rings. The van der Waals surface area contributed by atoms with Gasteiger partial charge in [-0.3, -0.25) is 29.8 Å². The lowest BCUT2D eigenvalue weighted by molar-refractivity contribution is 0.0624. The lowest BCUT2D eigenvalue weighted by Gasteiger charge is -2.19. The van der Waals surface area contributed by atoms with Crippen LogP contribution in [0.2, 0.25) is 0 Å². The van der Waals surface area contributed by atoms with Gasteiger partial charge in [-0.1, -0.05) is 0 Å². The summed E-state index contributed by atoms with van der Waals surface area (Å²) in [5.74, 6) is -1.63. The minimum absolute atomic E-state index is 0.263. The molecule has 0 aliphatic heterocycles. The Bertz CT molecular complexity index is 1940. The Kier molecular flexibility index (Phi) is 12.5. The summed E-state index contributed by atoms with van der Waals surface area (Å²) in [6.45, 7) is 11.0. The molecule has 0 atom stereocenters. The van der Waals surface area contributed by atoms with Crippen LogP contribution in [-0.2, 0) is 37.7 Å². The zero-order chi connectivity index (χ0) is 40.8. The number of nitrogens with zero attached hydrogens (tertiary/aromatic N) is 4. The van der Waals surface area contributed by atoms with E-state index in [1.165, 1.54) is 12.1 Å². The van der Waals surface area contributed by atoms with Gasteiger partial charge in [0.1, 0.15) is 34.0 Å². The van der Waals surface area contributed by atoms with E-state index in [-0.39, 0.29) is 36.3 Å². The molecule has 0 aliphatic rings. The quantitative estimate of drug-likeness (QED) is 0.110. The molecule has 18 heteroatoms. The smallest absolute Gasteiger partial charge is 0.412 e. The molecule has 18 nitrogen and oxygen atoms in total. The molecular weight excluding hydrogens is 712 g/mol. The molecule has 4 aromatic rings. The molecule has 4 aromatic heterocycles. The third kappa shape index (κ3) is 11.8. The van der Waals surface area contributed by atoms with Gasteiger partial charge in [0.15, 0.2) is 0 Å². The summed E-state index contributed by atoms with van der Waals surface area (Å²) in [5, 5.41) is 16.4. The monoisotopic (exact) mass is 762 g/mol. The molecule has 6 N–H and O–H groups in total. The van der Waals surface area contributed by atoms with Crippen LogP contribution in [0.4, 0.5) is 32.3 Å². The second-order valence-corrected chi connectivity index (χ2v) is 14.9. The number of hydrogen-bond acceptors (Lipinski definition) is 8. The van der Waals surface area contributed by atoms with Gasteiger partial charge in [-0.05, 0) is 72.2 Å². The predicted molar refractivity (Wildman–Crippen MR) is 207 cm³/mol. The van der Waals surface area contributed by atoms with Crippen molar-refractivity contribution in [3.8, 4) is 0 Å². The summed E-state index contributed by atoms with van der Waals surface area (Å²) < 4.78 is 16.8. The zero-order valence-corrected chi connectivity index (χ0v) is 32.8. The van der Waals surface area contributed by atoms with E-state index < -0.39 is 35.2 Å². The molecule has 4 rings (SSSR count). The van der Waals surface area contributed by atoms with Crippen LogP contribution in [-0.4, -0.2) is 78.4 Å². The van der Waals surface area contributed by atoms with Crippen LogP contribution in [0.15, 0.2) is 49.1 Å². The van der Waals surface area contributed by atoms with Crippen molar-refractivity contribution in [1.29, 1.82) is 0 Å². The molecule has 0 saturated heterocycles. The normalized spacial score (nSPS) is 11.4. The van der Waals surface area contributed by atoms with Gasteiger partial charge >= 0.3 is 12.2 Å². The van der Waals surface area contributed by atoms with Crippen LogP contribution in [0.5, 0.6) is 0 Å². The zero-order valence-electron chi connectivity index (χ0n) is 32.8. The number of ether oxygens (including phenoxy) is 2. The number of anilines is 4. The number of nitrogens with one attached hydrogen (secondary N) is 6. The maximum absolute atomic E-state index is 13.0. The summed E-state index contributed by atoms with van der Waals surface area (Å²) in [6, 6.07) is 6.11. The Morgan fingerprint density at radius 1 is 0.473 bits per heavy atom. The Hall–Kier alpha value is -6.46. The number of amides is 6. The van der Waals surface area contributed by atoms with Crippen molar-refractivity contribution < 1.29 is 38.2 Å². The van der Waals surface area contributed by atoms with E-state index in [4.69, 9.17) is 9.47 Å². The highest BCUT2D eigenvalue weighted by Crippen LogP contribution is 2.20. The highest BCUT2D eigenvalue weighted by atomic mass is 16.6. The van der Waals surface area contributed by atoms with Crippen molar-refractivity contribution in [2.45, 2.75) is 59.2 Å². The van der Waals surface area contributed by atoms with Crippen LogP contribution >= 0.6 is 0 Å². The van der Waals surface area contributed by atoms with Gasteiger partial charge in [0.2, 0.25) is 0 Å². The van der Waals surface area contributed by atoms with Gasteiger partial charge < -0.3 is 49.0 Å². The van der Waals surface area contributed by atoms with Gasteiger partial charge in [-0.2, -0.15) is 0 Å². The van der Waals surface area contributed by atoms with Gasteiger partial charge in [-0.15, -0.1) is 0 Å². The molecular formula is C37H50N10O8. The molecule has 0 spiro atoms. The molecule has 6 amide bonds. The first-order valence-corrected chi connectivity index (χ1v) is 17.4. The molecule has 0 aromatic carbocycles. The van der Waals surface area contributed by atoms with Crippen LogP contribution in [0, 0.1) is 0 Å². The number of aromatic nitrogens is 4. The molecule has 296 valence electrons. The topological polar surface area (TPSA) is 213 Å². The largest absolute Gasteiger partial charge is 0.444 e. The van der Waals surface area contributed by atoms with E-state index in [0.717, 1.165) is 0 Å². The highest BCUT2D eigenvalue weighted by molar-refractivity contribution is 6.06. The van der Waals surface area contributed by atoms with Crippen LogP contribution < -0.4 is 31.9 Å². The molecule has 0 radical (unpaired) electrons.